The van der Waals surface area contributed by atoms with E-state index in [0.717, 1.165) is 31.6 Å². The number of anilines is 1. The summed E-state index contributed by atoms with van der Waals surface area (Å²) >= 11 is 0. The van der Waals surface area contributed by atoms with Crippen LogP contribution in [0.15, 0.2) is 47.8 Å². The minimum atomic E-state index is -0.444. The number of carbonyl (C=O) groups excluding carboxylic acids is 1. The lowest BCUT2D eigenvalue weighted by Gasteiger charge is -2.19. The average Bonchev–Trinajstić information content (AvgIpc) is 3.16. The van der Waals surface area contributed by atoms with Gasteiger partial charge in [-0.05, 0) is 31.0 Å². The van der Waals surface area contributed by atoms with E-state index in [9.17, 15) is 14.9 Å². The van der Waals surface area contributed by atoms with Crippen LogP contribution in [0.2, 0.25) is 0 Å². The zero-order chi connectivity index (χ0) is 17.6. The third kappa shape index (κ3) is 3.97. The normalized spacial score (nSPS) is 14.0. The van der Waals surface area contributed by atoms with E-state index >= 15 is 0 Å². The van der Waals surface area contributed by atoms with E-state index < -0.39 is 4.92 Å². The monoisotopic (exact) mass is 339 g/mol. The van der Waals surface area contributed by atoms with Crippen molar-refractivity contribution in [1.82, 2.24) is 10.4 Å². The number of nitro benzene ring substituents is 1. The average molecular weight is 339 g/mol. The van der Waals surface area contributed by atoms with E-state index in [1.165, 1.54) is 30.7 Å². The Bertz CT molecular complexity index is 801. The molecule has 1 aliphatic rings. The van der Waals surface area contributed by atoms with Gasteiger partial charge in [0.2, 0.25) is 0 Å². The van der Waals surface area contributed by atoms with Crippen LogP contribution < -0.4 is 10.3 Å². The van der Waals surface area contributed by atoms with E-state index in [-0.39, 0.29) is 11.6 Å². The van der Waals surface area contributed by atoms with Crippen LogP contribution >= 0.6 is 0 Å². The molecule has 0 aliphatic carbocycles. The summed E-state index contributed by atoms with van der Waals surface area (Å²) in [5, 5.41) is 15.0. The third-order valence-corrected chi connectivity index (χ3v) is 3.98. The highest BCUT2D eigenvalue weighted by molar-refractivity contribution is 5.95. The molecule has 0 atom stereocenters. The van der Waals surface area contributed by atoms with Crippen LogP contribution in [0.3, 0.4) is 0 Å². The van der Waals surface area contributed by atoms with Crippen LogP contribution in [0, 0.1) is 10.1 Å². The van der Waals surface area contributed by atoms with E-state index in [1.807, 2.05) is 0 Å². The number of rotatable bonds is 5. The van der Waals surface area contributed by atoms with Gasteiger partial charge in [-0.2, -0.15) is 5.10 Å². The maximum absolute atomic E-state index is 12.0. The number of non-ortho nitro benzene ring substituents is 1. The molecule has 0 spiro atoms. The Morgan fingerprint density at radius 3 is 2.64 bits per heavy atom. The van der Waals surface area contributed by atoms with Gasteiger partial charge in [-0.3, -0.25) is 19.9 Å². The van der Waals surface area contributed by atoms with Gasteiger partial charge >= 0.3 is 0 Å². The molecular formula is C17H17N5O3. The van der Waals surface area contributed by atoms with Gasteiger partial charge in [-0.1, -0.05) is 0 Å². The number of hydrogen-bond acceptors (Lipinski definition) is 6. The molecule has 0 bridgehead atoms. The van der Waals surface area contributed by atoms with Crippen molar-refractivity contribution >= 4 is 23.5 Å². The van der Waals surface area contributed by atoms with Crippen molar-refractivity contribution in [1.29, 1.82) is 0 Å². The number of carbonyl (C=O) groups is 1. The number of hydrogen-bond donors (Lipinski definition) is 1. The predicted octanol–water partition coefficient (Wildman–Crippen LogP) is 2.35. The summed E-state index contributed by atoms with van der Waals surface area (Å²) in [6.07, 6.45) is 6.66. The summed E-state index contributed by atoms with van der Waals surface area (Å²) in [4.78, 5) is 28.6. The number of nitrogens with zero attached hydrogens (tertiary/aromatic N) is 4. The number of benzene rings is 1. The highest BCUT2D eigenvalue weighted by Crippen LogP contribution is 2.27. The van der Waals surface area contributed by atoms with Crippen LogP contribution in [0.4, 0.5) is 11.4 Å². The quantitative estimate of drug-likeness (QED) is 0.512. The van der Waals surface area contributed by atoms with E-state index in [4.69, 9.17) is 0 Å². The van der Waals surface area contributed by atoms with E-state index in [1.54, 1.807) is 18.2 Å². The second-order valence-electron chi connectivity index (χ2n) is 5.63. The Hall–Kier alpha value is -3.29. The summed E-state index contributed by atoms with van der Waals surface area (Å²) in [6, 6.07) is 7.84. The molecule has 2 aromatic rings. The molecule has 1 amide bonds. The molecule has 0 saturated carbocycles. The third-order valence-electron chi connectivity index (χ3n) is 3.98. The smallest absolute Gasteiger partial charge is 0.271 e. The van der Waals surface area contributed by atoms with Crippen LogP contribution in [0.25, 0.3) is 0 Å². The number of amides is 1. The summed E-state index contributed by atoms with van der Waals surface area (Å²) < 4.78 is 0. The van der Waals surface area contributed by atoms with Crippen LogP contribution in [0.1, 0.15) is 28.8 Å². The Kier molecular flexibility index (Phi) is 4.98. The fourth-order valence-electron chi connectivity index (χ4n) is 2.73. The predicted molar refractivity (Wildman–Crippen MR) is 93.8 cm³/mol. The lowest BCUT2D eigenvalue weighted by Crippen LogP contribution is -2.20. The summed E-state index contributed by atoms with van der Waals surface area (Å²) in [6.45, 7) is 1.81. The van der Waals surface area contributed by atoms with Gasteiger partial charge in [0.25, 0.3) is 11.6 Å². The molecule has 1 saturated heterocycles. The molecule has 25 heavy (non-hydrogen) atoms. The first-order valence-electron chi connectivity index (χ1n) is 7.92. The summed E-state index contributed by atoms with van der Waals surface area (Å²) in [7, 11) is 0. The Morgan fingerprint density at radius 1 is 1.24 bits per heavy atom. The molecule has 1 N–H and O–H groups in total. The highest BCUT2D eigenvalue weighted by atomic mass is 16.6. The fourth-order valence-corrected chi connectivity index (χ4v) is 2.73. The zero-order valence-electron chi connectivity index (χ0n) is 13.5. The SMILES string of the molecule is O=C(NN=Cc1cc([N+](=O)[O-])ccc1N1CCCC1)c1ccncc1. The van der Waals surface area contributed by atoms with Crippen LogP contribution in [0.5, 0.6) is 0 Å². The first kappa shape index (κ1) is 16.6. The molecule has 2 heterocycles. The van der Waals surface area contributed by atoms with Gasteiger partial charge in [0.05, 0.1) is 11.1 Å². The standard InChI is InChI=1S/C17H17N5O3/c23-17(13-5-7-18-8-6-13)20-19-12-14-11-15(22(24)25)3-4-16(14)21-9-1-2-10-21/h3-8,11-12H,1-2,9-10H2,(H,20,23). The molecule has 1 aromatic heterocycles. The summed E-state index contributed by atoms with van der Waals surface area (Å²) in [5.74, 6) is -0.369. The molecule has 3 rings (SSSR count). The molecule has 0 radical (unpaired) electrons. The van der Waals surface area contributed by atoms with Gasteiger partial charge in [0.1, 0.15) is 0 Å². The number of hydrazone groups is 1. The first-order chi connectivity index (χ1) is 12.1. The molecule has 1 aromatic carbocycles. The second kappa shape index (κ2) is 7.52. The minimum Gasteiger partial charge on any atom is -0.371 e. The Balaban J connectivity index is 1.80. The molecule has 1 aliphatic heterocycles. The van der Waals surface area contributed by atoms with Gasteiger partial charge in [0.15, 0.2) is 0 Å². The van der Waals surface area contributed by atoms with Crippen molar-refractivity contribution in [2.24, 2.45) is 5.10 Å². The van der Waals surface area contributed by atoms with Crippen molar-refractivity contribution in [3.05, 3.63) is 64.0 Å². The summed E-state index contributed by atoms with van der Waals surface area (Å²) in [5.41, 5.74) is 4.34. The van der Waals surface area contributed by atoms with E-state index in [0.29, 0.717) is 11.1 Å². The number of aromatic nitrogens is 1. The van der Waals surface area contributed by atoms with E-state index in [2.05, 4.69) is 20.4 Å². The van der Waals surface area contributed by atoms with Crippen molar-refractivity contribution < 1.29 is 9.72 Å². The molecule has 1 fully saturated rings. The van der Waals surface area contributed by atoms with Crippen molar-refractivity contribution in [2.75, 3.05) is 18.0 Å². The van der Waals surface area contributed by atoms with Crippen molar-refractivity contribution in [2.45, 2.75) is 12.8 Å². The van der Waals surface area contributed by atoms with Crippen LogP contribution in [-0.4, -0.2) is 35.1 Å². The fraction of sp³-hybridized carbons (Fsp3) is 0.235. The first-order valence-corrected chi connectivity index (χ1v) is 7.92. The topological polar surface area (TPSA) is 101 Å². The second-order valence-corrected chi connectivity index (χ2v) is 5.63. The molecule has 8 nitrogen and oxygen atoms in total. The maximum atomic E-state index is 12.0. The number of nitro groups is 1. The van der Waals surface area contributed by atoms with Gasteiger partial charge in [-0.15, -0.1) is 0 Å². The zero-order valence-corrected chi connectivity index (χ0v) is 13.5. The maximum Gasteiger partial charge on any atom is 0.271 e. The molecule has 128 valence electrons. The van der Waals surface area contributed by atoms with Crippen molar-refractivity contribution in [3.8, 4) is 0 Å². The van der Waals surface area contributed by atoms with Gasteiger partial charge in [-0.25, -0.2) is 5.43 Å². The van der Waals surface area contributed by atoms with Crippen LogP contribution in [-0.2, 0) is 0 Å². The minimum absolute atomic E-state index is 0.00939. The largest absolute Gasteiger partial charge is 0.371 e. The number of pyridine rings is 1. The molecule has 0 unspecified atom stereocenters. The highest BCUT2D eigenvalue weighted by Gasteiger charge is 2.17. The van der Waals surface area contributed by atoms with Gasteiger partial charge < -0.3 is 4.90 Å². The molecular weight excluding hydrogens is 322 g/mol. The Labute approximate surface area is 144 Å². The number of nitrogens with one attached hydrogen (secondary N) is 1. The molecule has 8 heteroatoms. The Morgan fingerprint density at radius 2 is 1.96 bits per heavy atom. The van der Waals surface area contributed by atoms with Crippen molar-refractivity contribution in [3.63, 3.8) is 0 Å². The lowest BCUT2D eigenvalue weighted by atomic mass is 10.1. The van der Waals surface area contributed by atoms with Gasteiger partial charge in [0, 0.05) is 54.4 Å². The lowest BCUT2D eigenvalue weighted by molar-refractivity contribution is -0.384.